The lowest BCUT2D eigenvalue weighted by atomic mass is 10.1. The van der Waals surface area contributed by atoms with Crippen molar-refractivity contribution in [3.05, 3.63) is 35.9 Å². The lowest BCUT2D eigenvalue weighted by Gasteiger charge is -2.11. The Morgan fingerprint density at radius 2 is 2.06 bits per heavy atom. The fraction of sp³-hybridized carbons (Fsp3) is 0.364. The van der Waals surface area contributed by atoms with Crippen LogP contribution in [0.25, 0.3) is 5.69 Å². The second-order valence-electron chi connectivity index (χ2n) is 4.33. The van der Waals surface area contributed by atoms with Crippen LogP contribution in [0.5, 0.6) is 0 Å². The SMILES string of the molecule is Cc1cncc(-n2cc(C(C)(C)O)nn2)c1. The molecule has 2 aromatic rings. The average Bonchev–Trinajstić information content (AvgIpc) is 2.65. The van der Waals surface area contributed by atoms with E-state index >= 15 is 0 Å². The molecule has 5 nitrogen and oxygen atoms in total. The first-order valence-corrected chi connectivity index (χ1v) is 5.04. The maximum absolute atomic E-state index is 9.77. The molecule has 1 N–H and O–H groups in total. The Morgan fingerprint density at radius 3 is 2.62 bits per heavy atom. The normalized spacial score (nSPS) is 11.8. The van der Waals surface area contributed by atoms with Crippen LogP contribution in [0.2, 0.25) is 0 Å². The molecule has 5 heteroatoms. The molecule has 0 atom stereocenters. The zero-order valence-electron chi connectivity index (χ0n) is 9.55. The molecule has 2 aromatic heterocycles. The largest absolute Gasteiger partial charge is 0.384 e. The van der Waals surface area contributed by atoms with Crippen molar-refractivity contribution < 1.29 is 5.11 Å². The van der Waals surface area contributed by atoms with Gasteiger partial charge in [0.25, 0.3) is 0 Å². The maximum Gasteiger partial charge on any atom is 0.114 e. The molecular formula is C11H14N4O. The van der Waals surface area contributed by atoms with Gasteiger partial charge in [-0.3, -0.25) is 4.98 Å². The van der Waals surface area contributed by atoms with Crippen molar-refractivity contribution in [3.8, 4) is 5.69 Å². The minimum Gasteiger partial charge on any atom is -0.384 e. The summed E-state index contributed by atoms with van der Waals surface area (Å²) in [6.07, 6.45) is 5.18. The van der Waals surface area contributed by atoms with Crippen molar-refractivity contribution in [1.29, 1.82) is 0 Å². The highest BCUT2D eigenvalue weighted by Gasteiger charge is 2.20. The summed E-state index contributed by atoms with van der Waals surface area (Å²) >= 11 is 0. The summed E-state index contributed by atoms with van der Waals surface area (Å²) in [7, 11) is 0. The predicted molar refractivity (Wildman–Crippen MR) is 59.1 cm³/mol. The van der Waals surface area contributed by atoms with E-state index in [0.29, 0.717) is 5.69 Å². The predicted octanol–water partition coefficient (Wildman–Crippen LogP) is 1.20. The van der Waals surface area contributed by atoms with E-state index in [2.05, 4.69) is 15.3 Å². The Kier molecular flexibility index (Phi) is 2.47. The van der Waals surface area contributed by atoms with Crippen molar-refractivity contribution in [2.75, 3.05) is 0 Å². The lowest BCUT2D eigenvalue weighted by molar-refractivity contribution is 0.0737. The zero-order chi connectivity index (χ0) is 11.8. The Hall–Kier alpha value is -1.75. The van der Waals surface area contributed by atoms with Crippen LogP contribution in [0.15, 0.2) is 24.7 Å². The molecule has 0 aliphatic carbocycles. The fourth-order valence-electron chi connectivity index (χ4n) is 1.33. The Balaban J connectivity index is 2.39. The van der Waals surface area contributed by atoms with E-state index in [0.717, 1.165) is 11.3 Å². The molecule has 0 aliphatic heterocycles. The van der Waals surface area contributed by atoms with Crippen molar-refractivity contribution in [2.45, 2.75) is 26.4 Å². The van der Waals surface area contributed by atoms with E-state index in [-0.39, 0.29) is 0 Å². The molecule has 0 amide bonds. The van der Waals surface area contributed by atoms with Gasteiger partial charge in [-0.25, -0.2) is 4.68 Å². The van der Waals surface area contributed by atoms with Crippen molar-refractivity contribution in [2.24, 2.45) is 0 Å². The average molecular weight is 218 g/mol. The first-order chi connectivity index (χ1) is 7.47. The van der Waals surface area contributed by atoms with Gasteiger partial charge in [0, 0.05) is 6.20 Å². The molecule has 0 aliphatic rings. The van der Waals surface area contributed by atoms with Gasteiger partial charge in [-0.05, 0) is 32.4 Å². The first kappa shape index (κ1) is 10.8. The lowest BCUT2D eigenvalue weighted by Crippen LogP contribution is -2.15. The molecule has 0 spiro atoms. The van der Waals surface area contributed by atoms with Crippen LogP contribution in [-0.2, 0) is 5.60 Å². The van der Waals surface area contributed by atoms with Crippen LogP contribution in [0.1, 0.15) is 25.1 Å². The third-order valence-electron chi connectivity index (χ3n) is 2.25. The third kappa shape index (κ3) is 2.09. The van der Waals surface area contributed by atoms with Crippen LogP contribution in [0.4, 0.5) is 0 Å². The summed E-state index contributed by atoms with van der Waals surface area (Å²) in [6, 6.07) is 1.95. The molecule has 0 fully saturated rings. The van der Waals surface area contributed by atoms with Crippen LogP contribution in [-0.4, -0.2) is 25.1 Å². The summed E-state index contributed by atoms with van der Waals surface area (Å²) in [5.74, 6) is 0. The Morgan fingerprint density at radius 1 is 1.31 bits per heavy atom. The maximum atomic E-state index is 9.77. The standard InChI is InChI=1S/C11H14N4O/c1-8-4-9(6-12-5-8)15-7-10(13-14-15)11(2,3)16/h4-7,16H,1-3H3. The van der Waals surface area contributed by atoms with Gasteiger partial charge in [0.05, 0.1) is 18.1 Å². The number of hydrogen-bond acceptors (Lipinski definition) is 4. The molecule has 84 valence electrons. The van der Waals surface area contributed by atoms with Crippen LogP contribution < -0.4 is 0 Å². The van der Waals surface area contributed by atoms with Gasteiger partial charge in [-0.2, -0.15) is 0 Å². The number of hydrogen-bond donors (Lipinski definition) is 1. The molecule has 0 aromatic carbocycles. The van der Waals surface area contributed by atoms with E-state index in [1.807, 2.05) is 13.0 Å². The minimum atomic E-state index is -0.977. The smallest absolute Gasteiger partial charge is 0.114 e. The number of rotatable bonds is 2. The summed E-state index contributed by atoms with van der Waals surface area (Å²) in [4.78, 5) is 4.08. The number of nitrogens with zero attached hydrogens (tertiary/aromatic N) is 4. The molecule has 2 heterocycles. The highest BCUT2D eigenvalue weighted by molar-refractivity contribution is 5.30. The second-order valence-corrected chi connectivity index (χ2v) is 4.33. The van der Waals surface area contributed by atoms with Crippen molar-refractivity contribution in [1.82, 2.24) is 20.0 Å². The third-order valence-corrected chi connectivity index (χ3v) is 2.25. The number of aromatic nitrogens is 4. The van der Waals surface area contributed by atoms with Gasteiger partial charge in [-0.1, -0.05) is 5.21 Å². The van der Waals surface area contributed by atoms with Gasteiger partial charge in [0.1, 0.15) is 11.3 Å². The molecule has 0 saturated heterocycles. The zero-order valence-corrected chi connectivity index (χ0v) is 9.55. The fourth-order valence-corrected chi connectivity index (χ4v) is 1.33. The highest BCUT2D eigenvalue weighted by Crippen LogP contribution is 2.17. The van der Waals surface area contributed by atoms with Crippen LogP contribution >= 0.6 is 0 Å². The Bertz CT molecular complexity index is 499. The van der Waals surface area contributed by atoms with Crippen LogP contribution in [0, 0.1) is 6.92 Å². The van der Waals surface area contributed by atoms with Crippen molar-refractivity contribution in [3.63, 3.8) is 0 Å². The summed E-state index contributed by atoms with van der Waals surface area (Å²) in [6.45, 7) is 5.32. The van der Waals surface area contributed by atoms with Gasteiger partial charge < -0.3 is 5.11 Å². The molecule has 0 bridgehead atoms. The van der Waals surface area contributed by atoms with Crippen LogP contribution in [0.3, 0.4) is 0 Å². The van der Waals surface area contributed by atoms with E-state index in [1.54, 1.807) is 37.1 Å². The summed E-state index contributed by atoms with van der Waals surface area (Å²) in [5, 5.41) is 17.7. The molecular weight excluding hydrogens is 204 g/mol. The highest BCUT2D eigenvalue weighted by atomic mass is 16.3. The first-order valence-electron chi connectivity index (χ1n) is 5.04. The van der Waals surface area contributed by atoms with Gasteiger partial charge in [-0.15, -0.1) is 5.10 Å². The molecule has 0 saturated carbocycles. The monoisotopic (exact) mass is 218 g/mol. The second kappa shape index (κ2) is 3.68. The number of aryl methyl sites for hydroxylation is 1. The molecule has 0 unspecified atom stereocenters. The summed E-state index contributed by atoms with van der Waals surface area (Å²) in [5.41, 5.74) is 1.45. The molecule has 16 heavy (non-hydrogen) atoms. The van der Waals surface area contributed by atoms with E-state index in [1.165, 1.54) is 0 Å². The number of pyridine rings is 1. The van der Waals surface area contributed by atoms with E-state index in [4.69, 9.17) is 0 Å². The quantitative estimate of drug-likeness (QED) is 0.822. The van der Waals surface area contributed by atoms with E-state index in [9.17, 15) is 5.11 Å². The molecule has 2 rings (SSSR count). The van der Waals surface area contributed by atoms with E-state index < -0.39 is 5.60 Å². The Labute approximate surface area is 93.8 Å². The van der Waals surface area contributed by atoms with Crippen molar-refractivity contribution >= 4 is 0 Å². The minimum absolute atomic E-state index is 0.536. The number of aliphatic hydroxyl groups is 1. The topological polar surface area (TPSA) is 63.8 Å². The van der Waals surface area contributed by atoms with Gasteiger partial charge in [0.2, 0.25) is 0 Å². The van der Waals surface area contributed by atoms with Gasteiger partial charge in [0.15, 0.2) is 0 Å². The molecule has 0 radical (unpaired) electrons. The van der Waals surface area contributed by atoms with Gasteiger partial charge >= 0.3 is 0 Å². The summed E-state index contributed by atoms with van der Waals surface area (Å²) < 4.78 is 1.60.